The third kappa shape index (κ3) is 11.8. The summed E-state index contributed by atoms with van der Waals surface area (Å²) in [4.78, 5) is 0. The molecule has 6 aromatic rings. The molecule has 0 aliphatic carbocycles. The molecule has 0 bridgehead atoms. The van der Waals surface area contributed by atoms with E-state index in [1.54, 1.807) is 0 Å². The first-order valence-corrected chi connectivity index (χ1v) is 29.3. The Morgan fingerprint density at radius 3 is 1.65 bits per heavy atom. The van der Waals surface area contributed by atoms with Gasteiger partial charge in [0, 0.05) is 9.52 Å². The maximum absolute atomic E-state index is 4.93. The van der Waals surface area contributed by atoms with Crippen molar-refractivity contribution < 1.29 is 20.8 Å². The van der Waals surface area contributed by atoms with Gasteiger partial charge in [0.05, 0.1) is 8.07 Å². The molecule has 0 amide bonds. The van der Waals surface area contributed by atoms with Crippen molar-refractivity contribution in [3.63, 3.8) is 0 Å². The molecule has 5 heteroatoms. The molecule has 0 N–H and O–H groups in total. The Morgan fingerprint density at radius 2 is 1.18 bits per heavy atom. The predicted molar refractivity (Wildman–Crippen MR) is 224 cm³/mol. The van der Waals surface area contributed by atoms with Crippen molar-refractivity contribution in [2.45, 2.75) is 92.0 Å². The molecule has 0 nitrogen and oxygen atoms in total. The van der Waals surface area contributed by atoms with Crippen LogP contribution in [0.4, 0.5) is 0 Å². The fraction of sp³-hybridized carbons (Fsp3) is 0.318. The Morgan fingerprint density at radius 1 is 0.714 bits per heavy atom. The molecular weight excluding hydrogens is 747 g/mol. The average molecular weight is 801 g/mol. The standard InChI is InChI=1S/C23H27.C19H21Si.C2H6Si.2ClH.Zr/c1-5-7-17(4)21-14-20-8-6-9-22(23(20)15-21)19-12-10-18(11-13-19)16(2)3;1-14-12-16-6-5-7-18(19(16)13-14)15-8-10-17(11-9-15)20(2,3)4;1-3-2;;;/h6,8-17H,5,7H2,1-4H3;5-13H,1-4H3;1-2H3;2*1H;/q2*-1;;;;+4/p-2. The van der Waals surface area contributed by atoms with Gasteiger partial charge in [-0.3, -0.25) is 0 Å². The third-order valence-corrected chi connectivity index (χ3v) is 11.0. The molecule has 0 aliphatic heterocycles. The second kappa shape index (κ2) is 20.1. The first kappa shape index (κ1) is 41.4. The van der Waals surface area contributed by atoms with Crippen LogP contribution in [0.25, 0.3) is 43.8 Å². The summed E-state index contributed by atoms with van der Waals surface area (Å²) in [5.74, 6) is 1.23. The van der Waals surface area contributed by atoms with Crippen LogP contribution in [0.2, 0.25) is 32.7 Å². The van der Waals surface area contributed by atoms with Gasteiger partial charge in [-0.2, -0.15) is 12.1 Å². The monoisotopic (exact) mass is 798 g/mol. The van der Waals surface area contributed by atoms with E-state index in [0.29, 0.717) is 11.8 Å². The van der Waals surface area contributed by atoms with E-state index in [1.807, 2.05) is 0 Å². The molecule has 0 aliphatic rings. The summed E-state index contributed by atoms with van der Waals surface area (Å²) in [7, 11) is 9.74. The van der Waals surface area contributed by atoms with Gasteiger partial charge in [-0.15, -0.1) is 69.1 Å². The van der Waals surface area contributed by atoms with E-state index in [-0.39, 0.29) is 0 Å². The quantitative estimate of drug-likeness (QED) is 0.111. The summed E-state index contributed by atoms with van der Waals surface area (Å²) in [6.45, 7) is 22.7. The number of fused-ring (bicyclic) bond motifs is 2. The topological polar surface area (TPSA) is 0 Å². The van der Waals surface area contributed by atoms with Crippen LogP contribution >= 0.6 is 17.0 Å². The zero-order valence-corrected chi connectivity index (χ0v) is 37.2. The minimum absolute atomic E-state index is 0.584. The first-order valence-electron chi connectivity index (χ1n) is 17.5. The summed E-state index contributed by atoms with van der Waals surface area (Å²) in [6.07, 6.45) is 2.50. The number of halogens is 2. The van der Waals surface area contributed by atoms with Crippen molar-refractivity contribution in [3.8, 4) is 22.3 Å². The number of aryl methyl sites for hydroxylation is 1. The van der Waals surface area contributed by atoms with Gasteiger partial charge in [0.15, 0.2) is 0 Å². The Balaban J connectivity index is 0.000000230. The molecule has 6 aromatic carbocycles. The Hall–Kier alpha value is -2.00. The second-order valence-corrected chi connectivity index (χ2v) is 24.1. The van der Waals surface area contributed by atoms with E-state index >= 15 is 0 Å². The van der Waals surface area contributed by atoms with Crippen LogP contribution in [0.1, 0.15) is 69.1 Å². The van der Waals surface area contributed by atoms with Crippen molar-refractivity contribution in [2.24, 2.45) is 0 Å². The van der Waals surface area contributed by atoms with E-state index in [1.165, 1.54) is 78.5 Å². The molecular formula is C44H54Cl2Si2Zr. The van der Waals surface area contributed by atoms with Gasteiger partial charge in [-0.05, 0) is 34.9 Å². The maximum atomic E-state index is 4.93. The van der Waals surface area contributed by atoms with Gasteiger partial charge in [0.2, 0.25) is 0 Å². The zero-order chi connectivity index (χ0) is 36.1. The van der Waals surface area contributed by atoms with Crippen LogP contribution in [-0.4, -0.2) is 17.6 Å². The molecule has 0 saturated heterocycles. The fourth-order valence-corrected chi connectivity index (χ4v) is 7.39. The molecule has 1 atom stereocenters. The summed E-state index contributed by atoms with van der Waals surface area (Å²) >= 11 is -0.826. The Kier molecular flexibility index (Phi) is 17.0. The van der Waals surface area contributed by atoms with Gasteiger partial charge >= 0.3 is 37.9 Å². The first-order chi connectivity index (χ1) is 23.4. The molecule has 1 unspecified atom stereocenters. The normalized spacial score (nSPS) is 11.5. The number of benzene rings is 4. The van der Waals surface area contributed by atoms with Crippen LogP contribution in [0.5, 0.6) is 0 Å². The van der Waals surface area contributed by atoms with E-state index in [4.69, 9.17) is 17.0 Å². The number of rotatable bonds is 7. The van der Waals surface area contributed by atoms with E-state index in [9.17, 15) is 0 Å². The molecule has 49 heavy (non-hydrogen) atoms. The van der Waals surface area contributed by atoms with Crippen molar-refractivity contribution in [2.75, 3.05) is 0 Å². The molecule has 0 saturated carbocycles. The summed E-state index contributed by atoms with van der Waals surface area (Å²) in [5, 5.41) is 6.99. The van der Waals surface area contributed by atoms with Crippen LogP contribution in [-0.2, 0) is 20.8 Å². The van der Waals surface area contributed by atoms with Crippen molar-refractivity contribution >= 4 is 61.4 Å². The Bertz CT molecular complexity index is 1840. The van der Waals surface area contributed by atoms with Gasteiger partial charge in [0.25, 0.3) is 0 Å². The van der Waals surface area contributed by atoms with Crippen molar-refractivity contribution in [1.29, 1.82) is 0 Å². The fourth-order valence-electron chi connectivity index (χ4n) is 6.23. The van der Waals surface area contributed by atoms with E-state index in [2.05, 4.69) is 177 Å². The van der Waals surface area contributed by atoms with Crippen LogP contribution < -0.4 is 5.19 Å². The number of hydrogen-bond donors (Lipinski definition) is 0. The van der Waals surface area contributed by atoms with Crippen molar-refractivity contribution in [1.82, 2.24) is 0 Å². The SMILES string of the molecule is CCCC(C)c1cc2c(-c3ccc(C(C)C)cc3)cccc2[cH-]1.C[Si]C.Cc1cc2c(-c3ccc([Si](C)(C)C)cc3)cccc2[cH-]1.[Cl][Zr+2][Cl]. The Labute approximate surface area is 319 Å². The molecule has 256 valence electrons. The minimum atomic E-state index is -1.21. The van der Waals surface area contributed by atoms with Gasteiger partial charge < -0.3 is 0 Å². The van der Waals surface area contributed by atoms with Crippen LogP contribution in [0, 0.1) is 6.92 Å². The molecule has 0 spiro atoms. The molecule has 0 fully saturated rings. The van der Waals surface area contributed by atoms with Gasteiger partial charge in [-0.1, -0.05) is 151 Å². The summed E-state index contributed by atoms with van der Waals surface area (Å²) in [5.41, 5.74) is 9.56. The summed E-state index contributed by atoms with van der Waals surface area (Å²) < 4.78 is 0. The zero-order valence-electron chi connectivity index (χ0n) is 31.2. The van der Waals surface area contributed by atoms with Crippen LogP contribution in [0.3, 0.4) is 0 Å². The average Bonchev–Trinajstić information content (AvgIpc) is 3.69. The van der Waals surface area contributed by atoms with Gasteiger partial charge in [-0.25, -0.2) is 0 Å². The predicted octanol–water partition coefficient (Wildman–Crippen LogP) is 14.5. The number of hydrogen-bond acceptors (Lipinski definition) is 0. The second-order valence-electron chi connectivity index (χ2n) is 14.3. The van der Waals surface area contributed by atoms with Crippen molar-refractivity contribution in [3.05, 3.63) is 126 Å². The van der Waals surface area contributed by atoms with E-state index < -0.39 is 28.9 Å². The van der Waals surface area contributed by atoms with E-state index in [0.717, 1.165) is 9.52 Å². The van der Waals surface area contributed by atoms with Gasteiger partial charge in [0.1, 0.15) is 0 Å². The molecule has 0 aromatic heterocycles. The van der Waals surface area contributed by atoms with Crippen LogP contribution in [0.15, 0.2) is 109 Å². The third-order valence-electron chi connectivity index (χ3n) is 8.91. The molecule has 0 heterocycles. The molecule has 2 radical (unpaired) electrons. The molecule has 6 rings (SSSR count). The summed E-state index contributed by atoms with van der Waals surface area (Å²) in [6, 6.07) is 40.9.